The number of methoxy groups -OCH3 is 2. The normalized spacial score (nSPS) is 10.7. The van der Waals surface area contributed by atoms with Crippen molar-refractivity contribution in [2.24, 2.45) is 0 Å². The molecule has 0 spiro atoms. The molecule has 0 radical (unpaired) electrons. The van der Waals surface area contributed by atoms with Gasteiger partial charge in [-0.05, 0) is 97.8 Å². The molecule has 0 amide bonds. The van der Waals surface area contributed by atoms with Crippen LogP contribution in [0.1, 0.15) is 25.0 Å². The van der Waals surface area contributed by atoms with E-state index in [0.717, 1.165) is 33.5 Å². The highest BCUT2D eigenvalue weighted by Gasteiger charge is 2.16. The molecule has 6 aromatic rings. The summed E-state index contributed by atoms with van der Waals surface area (Å²) in [6, 6.07) is 21.2. The maximum atomic E-state index is 14.7. The van der Waals surface area contributed by atoms with E-state index in [0.29, 0.717) is 28.1 Å². The van der Waals surface area contributed by atoms with Crippen LogP contribution in [-0.4, -0.2) is 45.7 Å². The molecule has 0 unspecified atom stereocenters. The van der Waals surface area contributed by atoms with Gasteiger partial charge < -0.3 is 18.9 Å². The van der Waals surface area contributed by atoms with E-state index in [9.17, 15) is 14.0 Å². The fourth-order valence-corrected chi connectivity index (χ4v) is 4.78. The molecule has 0 aliphatic carbocycles. The number of aryl methyl sites for hydroxylation is 2. The molecule has 0 aliphatic heterocycles. The van der Waals surface area contributed by atoms with Crippen LogP contribution in [0.15, 0.2) is 79.0 Å². The van der Waals surface area contributed by atoms with Crippen LogP contribution in [0, 0.1) is 19.8 Å². The topological polar surface area (TPSA) is 107 Å². The molecule has 0 saturated carbocycles. The van der Waals surface area contributed by atoms with E-state index in [1.807, 2.05) is 55.1 Å². The van der Waals surface area contributed by atoms with Gasteiger partial charge in [-0.25, -0.2) is 9.36 Å². The van der Waals surface area contributed by atoms with Crippen LogP contribution in [0.4, 0.5) is 4.39 Å². The van der Waals surface area contributed by atoms with E-state index in [2.05, 4.69) is 10.2 Å². The first-order valence-corrected chi connectivity index (χ1v) is 13.9. The molecule has 0 atom stereocenters. The zero-order valence-corrected chi connectivity index (χ0v) is 25.6. The third-order valence-corrected chi connectivity index (χ3v) is 6.87. The van der Waals surface area contributed by atoms with Gasteiger partial charge in [-0.15, -0.1) is 0 Å². The number of ether oxygens (including phenoxy) is 4. The minimum Gasteiger partial charge on any atom is -0.497 e. The maximum Gasteiger partial charge on any atom is 0.308 e. The first-order chi connectivity index (χ1) is 21.6. The maximum absolute atomic E-state index is 14.7. The number of carbonyl (C=O) groups is 2. The molecule has 45 heavy (non-hydrogen) atoms. The van der Waals surface area contributed by atoms with Crippen molar-refractivity contribution in [1.29, 1.82) is 0 Å². The van der Waals surface area contributed by atoms with Crippen LogP contribution in [0.3, 0.4) is 0 Å². The minimum absolute atomic E-state index is 0.287. The molecule has 10 nitrogen and oxygen atoms in total. The lowest BCUT2D eigenvalue weighted by molar-refractivity contribution is -0.132. The van der Waals surface area contributed by atoms with Crippen molar-refractivity contribution in [2.75, 3.05) is 14.2 Å². The predicted molar refractivity (Wildman–Crippen MR) is 167 cm³/mol. The SMILES string of the molecule is COc1ccc(-n2cc3cc(OC(C)=O)ccc3n2)c(C)c1.COc1ccc(-n2nc3ccc(OC(C)=O)cc3c2F)c(C)c1. The van der Waals surface area contributed by atoms with Gasteiger partial charge in [0.1, 0.15) is 23.0 Å². The van der Waals surface area contributed by atoms with Crippen molar-refractivity contribution in [3.05, 3.63) is 96.1 Å². The summed E-state index contributed by atoms with van der Waals surface area (Å²) in [4.78, 5) is 22.0. The molecule has 6 rings (SSSR count). The van der Waals surface area contributed by atoms with Crippen molar-refractivity contribution in [2.45, 2.75) is 27.7 Å². The fourth-order valence-electron chi connectivity index (χ4n) is 4.78. The highest BCUT2D eigenvalue weighted by Crippen LogP contribution is 2.28. The summed E-state index contributed by atoms with van der Waals surface area (Å²) in [7, 11) is 3.22. The standard InChI is InChI=1S/C17H15FN2O3.C17H16N2O3/c1-10-8-12(22-3)5-7-16(10)20-17(18)14-9-13(23-11(2)21)4-6-15(14)19-20;1-11-8-14(21-3)5-7-17(11)19-10-13-9-15(22-12(2)20)4-6-16(13)18-19/h4-9H,1-3H3;4-10H,1-3H3. The third kappa shape index (κ3) is 6.77. The van der Waals surface area contributed by atoms with Crippen molar-refractivity contribution < 1.29 is 32.9 Å². The summed E-state index contributed by atoms with van der Waals surface area (Å²) in [5.74, 6) is 1.01. The second kappa shape index (κ2) is 12.9. The highest BCUT2D eigenvalue weighted by atomic mass is 19.1. The average molecular weight is 611 g/mol. The zero-order valence-electron chi connectivity index (χ0n) is 25.6. The number of benzene rings is 4. The van der Waals surface area contributed by atoms with Gasteiger partial charge in [0, 0.05) is 25.4 Å². The second-order valence-electron chi connectivity index (χ2n) is 10.2. The molecule has 2 aromatic heterocycles. The van der Waals surface area contributed by atoms with Gasteiger partial charge in [0.25, 0.3) is 0 Å². The molecule has 0 saturated heterocycles. The molecule has 0 aliphatic rings. The summed E-state index contributed by atoms with van der Waals surface area (Å²) >= 11 is 0. The Kier molecular flexibility index (Phi) is 8.80. The van der Waals surface area contributed by atoms with Crippen LogP contribution in [0.2, 0.25) is 0 Å². The molecular formula is C34H31FN4O6. The zero-order chi connectivity index (χ0) is 32.2. The largest absolute Gasteiger partial charge is 0.497 e. The Bertz CT molecular complexity index is 2050. The number of esters is 2. The van der Waals surface area contributed by atoms with E-state index < -0.39 is 11.9 Å². The summed E-state index contributed by atoms with van der Waals surface area (Å²) in [5.41, 5.74) is 4.81. The first-order valence-electron chi connectivity index (χ1n) is 13.9. The van der Waals surface area contributed by atoms with Crippen molar-refractivity contribution in [3.63, 3.8) is 0 Å². The lowest BCUT2D eigenvalue weighted by Crippen LogP contribution is -2.02. The number of carbonyl (C=O) groups excluding carboxylic acids is 2. The van der Waals surface area contributed by atoms with Crippen LogP contribution in [-0.2, 0) is 9.59 Å². The smallest absolute Gasteiger partial charge is 0.308 e. The highest BCUT2D eigenvalue weighted by molar-refractivity contribution is 5.83. The quantitative estimate of drug-likeness (QED) is 0.152. The average Bonchev–Trinajstić information content (AvgIpc) is 3.57. The predicted octanol–water partition coefficient (Wildman–Crippen LogP) is 6.67. The Morgan fingerprint density at radius 3 is 1.76 bits per heavy atom. The molecule has 0 bridgehead atoms. The number of nitrogens with zero attached hydrogens (tertiary/aromatic N) is 4. The van der Waals surface area contributed by atoms with E-state index in [-0.39, 0.29) is 11.7 Å². The van der Waals surface area contributed by atoms with E-state index in [1.54, 1.807) is 50.6 Å². The van der Waals surface area contributed by atoms with Gasteiger partial charge >= 0.3 is 11.9 Å². The van der Waals surface area contributed by atoms with E-state index >= 15 is 0 Å². The molecular weight excluding hydrogens is 579 g/mol. The van der Waals surface area contributed by atoms with Crippen LogP contribution in [0.5, 0.6) is 23.0 Å². The number of rotatable bonds is 6. The van der Waals surface area contributed by atoms with Gasteiger partial charge in [0.2, 0.25) is 5.95 Å². The first kappa shape index (κ1) is 30.7. The van der Waals surface area contributed by atoms with E-state index in [4.69, 9.17) is 18.9 Å². The lowest BCUT2D eigenvalue weighted by Gasteiger charge is -2.08. The number of aromatic nitrogens is 4. The van der Waals surface area contributed by atoms with Crippen molar-refractivity contribution in [1.82, 2.24) is 19.6 Å². The van der Waals surface area contributed by atoms with Crippen molar-refractivity contribution >= 4 is 33.7 Å². The summed E-state index contributed by atoms with van der Waals surface area (Å²) < 4.78 is 38.2. The van der Waals surface area contributed by atoms with Gasteiger partial charge in [-0.3, -0.25) is 9.59 Å². The lowest BCUT2D eigenvalue weighted by atomic mass is 10.2. The summed E-state index contributed by atoms with van der Waals surface area (Å²) in [6.07, 6.45) is 1.91. The van der Waals surface area contributed by atoms with Gasteiger partial charge in [-0.2, -0.15) is 14.6 Å². The number of halogens is 1. The molecule has 11 heteroatoms. The molecule has 230 valence electrons. The fraction of sp³-hybridized carbons (Fsp3) is 0.176. The second-order valence-corrected chi connectivity index (χ2v) is 10.2. The Morgan fingerprint density at radius 2 is 1.20 bits per heavy atom. The van der Waals surface area contributed by atoms with Gasteiger partial charge in [0.05, 0.1) is 42.0 Å². The Labute approximate surface area is 258 Å². The summed E-state index contributed by atoms with van der Waals surface area (Å²) in [5, 5.41) is 10.0. The summed E-state index contributed by atoms with van der Waals surface area (Å²) in [6.45, 7) is 6.54. The van der Waals surface area contributed by atoms with Crippen LogP contribution >= 0.6 is 0 Å². The number of fused-ring (bicyclic) bond motifs is 2. The van der Waals surface area contributed by atoms with Gasteiger partial charge in [0.15, 0.2) is 0 Å². The molecule has 4 aromatic carbocycles. The van der Waals surface area contributed by atoms with Crippen molar-refractivity contribution in [3.8, 4) is 34.4 Å². The number of hydrogen-bond donors (Lipinski definition) is 0. The van der Waals surface area contributed by atoms with Crippen LogP contribution < -0.4 is 18.9 Å². The Balaban J connectivity index is 0.000000178. The van der Waals surface area contributed by atoms with Crippen LogP contribution in [0.25, 0.3) is 33.2 Å². The van der Waals surface area contributed by atoms with E-state index in [1.165, 1.54) is 24.6 Å². The molecule has 0 N–H and O–H groups in total. The van der Waals surface area contributed by atoms with Gasteiger partial charge in [-0.1, -0.05) is 0 Å². The Hall–Kier alpha value is -5.71. The minimum atomic E-state index is -0.512. The molecule has 0 fully saturated rings. The Morgan fingerprint density at radius 1 is 0.667 bits per heavy atom. The third-order valence-electron chi connectivity index (χ3n) is 6.87. The number of hydrogen-bond acceptors (Lipinski definition) is 8. The molecule has 2 heterocycles. The monoisotopic (exact) mass is 610 g/mol.